The summed E-state index contributed by atoms with van der Waals surface area (Å²) in [6.45, 7) is 2.37. The van der Waals surface area contributed by atoms with Gasteiger partial charge in [-0.25, -0.2) is 0 Å². The lowest BCUT2D eigenvalue weighted by molar-refractivity contribution is 0.0645. The van der Waals surface area contributed by atoms with Crippen molar-refractivity contribution in [3.8, 4) is 6.07 Å². The van der Waals surface area contributed by atoms with Gasteiger partial charge in [0.1, 0.15) is 0 Å². The van der Waals surface area contributed by atoms with Crippen molar-refractivity contribution in [2.75, 3.05) is 26.2 Å². The summed E-state index contributed by atoms with van der Waals surface area (Å²) in [5, 5.41) is 19.6. The Morgan fingerprint density at radius 2 is 1.88 bits per heavy atom. The molecule has 2 aliphatic rings. The number of carbonyl (C=O) groups is 1. The first kappa shape index (κ1) is 16.9. The van der Waals surface area contributed by atoms with Gasteiger partial charge in [-0.3, -0.25) is 9.69 Å². The van der Waals surface area contributed by atoms with Gasteiger partial charge in [0.15, 0.2) is 0 Å². The van der Waals surface area contributed by atoms with Crippen LogP contribution in [0.25, 0.3) is 0 Å². The molecule has 1 saturated carbocycles. The van der Waals surface area contributed by atoms with Crippen molar-refractivity contribution < 1.29 is 9.90 Å². The topological polar surface area (TPSA) is 67.6 Å². The van der Waals surface area contributed by atoms with Gasteiger partial charge in [-0.05, 0) is 25.0 Å². The Bertz CT molecular complexity index is 619. The van der Waals surface area contributed by atoms with Crippen LogP contribution in [0.5, 0.6) is 0 Å². The van der Waals surface area contributed by atoms with E-state index in [0.29, 0.717) is 36.8 Å². The van der Waals surface area contributed by atoms with Gasteiger partial charge >= 0.3 is 0 Å². The first-order valence-electron chi connectivity index (χ1n) is 8.89. The zero-order valence-electron chi connectivity index (χ0n) is 14.0. The molecule has 128 valence electrons. The van der Waals surface area contributed by atoms with Gasteiger partial charge in [-0.15, -0.1) is 0 Å². The third kappa shape index (κ3) is 3.77. The van der Waals surface area contributed by atoms with Crippen molar-refractivity contribution in [3.63, 3.8) is 0 Å². The fraction of sp³-hybridized carbons (Fsp3) is 0.579. The molecule has 1 aliphatic carbocycles. The Morgan fingerprint density at radius 3 is 2.62 bits per heavy atom. The van der Waals surface area contributed by atoms with Gasteiger partial charge in [0.2, 0.25) is 0 Å². The number of hydrogen-bond donors (Lipinski definition) is 1. The minimum atomic E-state index is -0.535. The average Bonchev–Trinajstić information content (AvgIpc) is 2.83. The van der Waals surface area contributed by atoms with Crippen LogP contribution in [-0.2, 0) is 0 Å². The molecule has 1 aromatic carbocycles. The number of β-amino-alcohol motifs (C(OH)–C–C–N with tert-alkyl or cyclic N) is 1. The molecule has 1 heterocycles. The van der Waals surface area contributed by atoms with Crippen LogP contribution in [0.4, 0.5) is 0 Å². The second-order valence-corrected chi connectivity index (χ2v) is 6.85. The first-order valence-corrected chi connectivity index (χ1v) is 8.89. The summed E-state index contributed by atoms with van der Waals surface area (Å²) >= 11 is 0. The lowest BCUT2D eigenvalue weighted by atomic mass is 9.94. The molecule has 1 unspecified atom stereocenters. The maximum absolute atomic E-state index is 12.8. The Labute approximate surface area is 143 Å². The predicted octanol–water partition coefficient (Wildman–Crippen LogP) is 2.01. The van der Waals surface area contributed by atoms with Crippen molar-refractivity contribution in [1.29, 1.82) is 5.26 Å². The highest BCUT2D eigenvalue weighted by atomic mass is 16.3. The van der Waals surface area contributed by atoms with E-state index in [2.05, 4.69) is 11.0 Å². The fourth-order valence-electron chi connectivity index (χ4n) is 3.91. The molecular weight excluding hydrogens is 302 g/mol. The van der Waals surface area contributed by atoms with Gasteiger partial charge in [0, 0.05) is 32.2 Å². The van der Waals surface area contributed by atoms with Crippen LogP contribution in [0.3, 0.4) is 0 Å². The van der Waals surface area contributed by atoms with Gasteiger partial charge < -0.3 is 10.0 Å². The molecule has 0 bridgehead atoms. The maximum Gasteiger partial charge on any atom is 0.255 e. The van der Waals surface area contributed by atoms with Crippen molar-refractivity contribution in [2.45, 2.75) is 44.2 Å². The molecule has 5 heteroatoms. The van der Waals surface area contributed by atoms with Gasteiger partial charge in [-0.1, -0.05) is 31.4 Å². The summed E-state index contributed by atoms with van der Waals surface area (Å²) in [5.74, 6) is -0.156. The lowest BCUT2D eigenvalue weighted by Crippen LogP contribution is -2.41. The minimum Gasteiger partial charge on any atom is -0.390 e. The molecule has 1 atom stereocenters. The molecule has 1 aromatic rings. The highest BCUT2D eigenvalue weighted by Gasteiger charge is 2.30. The second-order valence-electron chi connectivity index (χ2n) is 6.85. The quantitative estimate of drug-likeness (QED) is 0.902. The number of carbonyl (C=O) groups excluding carboxylic acids is 1. The fourth-order valence-corrected chi connectivity index (χ4v) is 3.91. The standard InChI is InChI=1S/C19H25N3O2/c20-12-15-6-4-5-9-18(15)19(24)22-11-10-21(13-17(23)14-22)16-7-2-1-3-8-16/h4-6,9,16-17,23H,1-3,7-8,10-11,13-14H2. The van der Waals surface area contributed by atoms with Crippen LogP contribution in [-0.4, -0.2) is 59.1 Å². The van der Waals surface area contributed by atoms with E-state index in [-0.39, 0.29) is 5.91 Å². The van der Waals surface area contributed by atoms with Crippen LogP contribution in [0, 0.1) is 11.3 Å². The van der Waals surface area contributed by atoms with Crippen molar-refractivity contribution >= 4 is 5.91 Å². The number of aliphatic hydroxyl groups excluding tert-OH is 1. The molecule has 1 saturated heterocycles. The third-order valence-corrected chi connectivity index (χ3v) is 5.19. The average molecular weight is 327 g/mol. The van der Waals surface area contributed by atoms with Crippen molar-refractivity contribution in [3.05, 3.63) is 35.4 Å². The number of nitriles is 1. The molecule has 0 radical (unpaired) electrons. The van der Waals surface area contributed by atoms with Gasteiger partial charge in [0.25, 0.3) is 5.91 Å². The monoisotopic (exact) mass is 327 g/mol. The number of aliphatic hydroxyl groups is 1. The largest absolute Gasteiger partial charge is 0.390 e. The molecule has 1 aliphatic heterocycles. The van der Waals surface area contributed by atoms with Crippen LogP contribution >= 0.6 is 0 Å². The van der Waals surface area contributed by atoms with E-state index >= 15 is 0 Å². The Morgan fingerprint density at radius 1 is 1.12 bits per heavy atom. The summed E-state index contributed by atoms with van der Waals surface area (Å²) in [6, 6.07) is 9.51. The van der Waals surface area contributed by atoms with Crippen LogP contribution in [0.15, 0.2) is 24.3 Å². The van der Waals surface area contributed by atoms with Crippen molar-refractivity contribution in [1.82, 2.24) is 9.80 Å². The van der Waals surface area contributed by atoms with E-state index in [9.17, 15) is 15.2 Å². The molecular formula is C19H25N3O2. The zero-order valence-corrected chi connectivity index (χ0v) is 14.0. The molecule has 5 nitrogen and oxygen atoms in total. The normalized spacial score (nSPS) is 23.5. The van der Waals surface area contributed by atoms with E-state index in [0.717, 1.165) is 6.54 Å². The minimum absolute atomic E-state index is 0.156. The predicted molar refractivity (Wildman–Crippen MR) is 91.5 cm³/mol. The van der Waals surface area contributed by atoms with E-state index in [1.807, 2.05) is 0 Å². The lowest BCUT2D eigenvalue weighted by Gasteiger charge is -2.33. The SMILES string of the molecule is N#Cc1ccccc1C(=O)N1CCN(C2CCCCC2)CC(O)C1. The molecule has 1 N–H and O–H groups in total. The third-order valence-electron chi connectivity index (χ3n) is 5.19. The zero-order chi connectivity index (χ0) is 16.9. The Kier molecular flexibility index (Phi) is 5.49. The molecule has 24 heavy (non-hydrogen) atoms. The summed E-state index contributed by atoms with van der Waals surface area (Å²) < 4.78 is 0. The molecule has 0 aromatic heterocycles. The molecule has 3 rings (SSSR count). The first-order chi connectivity index (χ1) is 11.7. The Hall–Kier alpha value is -1.90. The van der Waals surface area contributed by atoms with E-state index in [1.54, 1.807) is 29.2 Å². The smallest absolute Gasteiger partial charge is 0.255 e. The number of nitrogens with zero attached hydrogens (tertiary/aromatic N) is 3. The Balaban J connectivity index is 1.71. The molecule has 1 amide bonds. The van der Waals surface area contributed by atoms with Gasteiger partial charge in [0.05, 0.1) is 23.3 Å². The summed E-state index contributed by atoms with van der Waals surface area (Å²) in [4.78, 5) is 16.9. The molecule has 2 fully saturated rings. The van der Waals surface area contributed by atoms with E-state index in [4.69, 9.17) is 0 Å². The van der Waals surface area contributed by atoms with Crippen LogP contribution in [0.1, 0.15) is 48.0 Å². The number of amides is 1. The summed E-state index contributed by atoms with van der Waals surface area (Å²) in [7, 11) is 0. The van der Waals surface area contributed by atoms with Crippen LogP contribution < -0.4 is 0 Å². The highest BCUT2D eigenvalue weighted by Crippen LogP contribution is 2.24. The number of rotatable bonds is 2. The second kappa shape index (κ2) is 7.78. The van der Waals surface area contributed by atoms with E-state index in [1.165, 1.54) is 32.1 Å². The summed E-state index contributed by atoms with van der Waals surface area (Å²) in [6.07, 6.45) is 5.68. The van der Waals surface area contributed by atoms with Crippen LogP contribution in [0.2, 0.25) is 0 Å². The van der Waals surface area contributed by atoms with Gasteiger partial charge in [-0.2, -0.15) is 5.26 Å². The highest BCUT2D eigenvalue weighted by molar-refractivity contribution is 5.96. The van der Waals surface area contributed by atoms with Crippen molar-refractivity contribution in [2.24, 2.45) is 0 Å². The number of benzene rings is 1. The maximum atomic E-state index is 12.8. The number of hydrogen-bond acceptors (Lipinski definition) is 4. The summed E-state index contributed by atoms with van der Waals surface area (Å²) in [5.41, 5.74) is 0.823. The van der Waals surface area contributed by atoms with E-state index < -0.39 is 6.10 Å². The molecule has 0 spiro atoms.